The van der Waals surface area contributed by atoms with Gasteiger partial charge in [0, 0.05) is 39.5 Å². The van der Waals surface area contributed by atoms with Crippen LogP contribution >= 0.6 is 0 Å². The first-order valence-corrected chi connectivity index (χ1v) is 28.5. The van der Waals surface area contributed by atoms with Crippen molar-refractivity contribution in [2.75, 3.05) is 53.7 Å². The van der Waals surface area contributed by atoms with Gasteiger partial charge in [-0.15, -0.1) is 0 Å². The van der Waals surface area contributed by atoms with Crippen LogP contribution in [0.2, 0.25) is 16.6 Å². The van der Waals surface area contributed by atoms with E-state index in [2.05, 4.69) is 51.8 Å². The summed E-state index contributed by atoms with van der Waals surface area (Å²) < 4.78 is 63.8. The van der Waals surface area contributed by atoms with Crippen molar-refractivity contribution in [1.29, 1.82) is 0 Å². The van der Waals surface area contributed by atoms with Crippen LogP contribution < -0.4 is 26.0 Å². The fourth-order valence-corrected chi connectivity index (χ4v) is 16.6. The molecule has 4 aromatic rings. The van der Waals surface area contributed by atoms with E-state index in [1.807, 2.05) is 78.9 Å². The molecule has 0 aliphatic carbocycles. The lowest BCUT2D eigenvalue weighted by Crippen LogP contribution is -2.67. The number of carbonyl (C=O) groups is 5. The molecule has 21 nitrogen and oxygen atoms in total. The maximum atomic E-state index is 15.3. The molecule has 7 atom stereocenters. The number of aromatic nitrogens is 2. The van der Waals surface area contributed by atoms with Crippen LogP contribution in [0.4, 0.5) is 0 Å². The van der Waals surface area contributed by atoms with Crippen LogP contribution in [0.5, 0.6) is 11.5 Å². The standard InChI is InChI=1S/C57H76N4O17Si/c1-34(2)79(35(3)4,36(5)6)74-33-56(32-73-57(42-17-15-14-16-18-42,43-19-23-45(69-12)24-20-43)44-21-25-46(70-13)26-22-44)31-60(28-49(78-56)61-27-37(7)53(67)59-55(61)68)48(66)30-72-54-50(58-38(8)62)52(76-41(11)65)51(75-40(10)64)47(77-54)29-71-39(9)63/h14-27,34-36,47,49-52,54H,28-33H2,1-13H3,(H,58,62)(H,59,67,68)/t47-,49-,50-,51+,52-,54-,56+/m1/s1. The average molecular weight is 1120 g/mol. The van der Waals surface area contributed by atoms with Gasteiger partial charge in [0.1, 0.15) is 48.1 Å². The zero-order valence-electron chi connectivity index (χ0n) is 47.4. The van der Waals surface area contributed by atoms with E-state index >= 15 is 4.79 Å². The van der Waals surface area contributed by atoms with Crippen molar-refractivity contribution in [2.45, 2.75) is 141 Å². The highest BCUT2D eigenvalue weighted by atomic mass is 28.4. The molecule has 3 heterocycles. The molecule has 0 bridgehead atoms. The number of hydrogen-bond donors (Lipinski definition) is 2. The number of aromatic amines is 1. The maximum Gasteiger partial charge on any atom is 0.330 e. The molecule has 2 saturated heterocycles. The third-order valence-corrected chi connectivity index (χ3v) is 20.6. The number of ether oxygens (including phenoxy) is 9. The first-order chi connectivity index (χ1) is 37.4. The Kier molecular flexibility index (Phi) is 20.6. The molecule has 79 heavy (non-hydrogen) atoms. The summed E-state index contributed by atoms with van der Waals surface area (Å²) in [4.78, 5) is 96.0. The van der Waals surface area contributed by atoms with Crippen molar-refractivity contribution in [3.63, 3.8) is 0 Å². The lowest BCUT2D eigenvalue weighted by molar-refractivity contribution is -0.277. The van der Waals surface area contributed by atoms with E-state index in [0.29, 0.717) is 22.6 Å². The number of methoxy groups -OCH3 is 2. The first-order valence-electron chi connectivity index (χ1n) is 26.3. The smallest absolute Gasteiger partial charge is 0.330 e. The summed E-state index contributed by atoms with van der Waals surface area (Å²) in [6.45, 7) is 16.8. The number of aryl methyl sites for hydroxylation is 1. The minimum atomic E-state index is -2.80. The molecule has 0 radical (unpaired) electrons. The van der Waals surface area contributed by atoms with Crippen molar-refractivity contribution in [3.8, 4) is 11.5 Å². The number of nitrogens with zero attached hydrogens (tertiary/aromatic N) is 2. The highest BCUT2D eigenvalue weighted by Crippen LogP contribution is 2.46. The van der Waals surface area contributed by atoms with Gasteiger partial charge in [0.2, 0.25) is 11.8 Å². The van der Waals surface area contributed by atoms with E-state index in [4.69, 9.17) is 47.1 Å². The Bertz CT molecular complexity index is 2790. The van der Waals surface area contributed by atoms with Gasteiger partial charge in [-0.2, -0.15) is 0 Å². The number of rotatable bonds is 23. The highest BCUT2D eigenvalue weighted by Gasteiger charge is 2.54. The summed E-state index contributed by atoms with van der Waals surface area (Å²) in [5.74, 6) is -2.39. The lowest BCUT2D eigenvalue weighted by Gasteiger charge is -2.50. The number of hydrogen-bond acceptors (Lipinski definition) is 17. The summed E-state index contributed by atoms with van der Waals surface area (Å²) in [6, 6.07) is 23.2. The molecule has 2 aliphatic rings. The minimum absolute atomic E-state index is 0.0930. The van der Waals surface area contributed by atoms with Crippen LogP contribution in [0.1, 0.15) is 97.7 Å². The topological polar surface area (TPSA) is 248 Å². The van der Waals surface area contributed by atoms with Crippen molar-refractivity contribution in [3.05, 3.63) is 128 Å². The molecule has 430 valence electrons. The summed E-state index contributed by atoms with van der Waals surface area (Å²) in [5, 5.41) is 2.66. The normalized spacial score (nSPS) is 21.6. The van der Waals surface area contributed by atoms with Crippen LogP contribution in [-0.4, -0.2) is 142 Å². The van der Waals surface area contributed by atoms with Crippen LogP contribution in [0.15, 0.2) is 94.6 Å². The lowest BCUT2D eigenvalue weighted by atomic mass is 9.79. The molecular weight excluding hydrogens is 1040 g/mol. The van der Waals surface area contributed by atoms with E-state index in [-0.39, 0.29) is 48.5 Å². The Labute approximate surface area is 461 Å². The van der Waals surface area contributed by atoms with Gasteiger partial charge in [-0.3, -0.25) is 38.3 Å². The predicted molar refractivity (Wildman–Crippen MR) is 291 cm³/mol. The average Bonchev–Trinajstić information content (AvgIpc) is 3.43. The van der Waals surface area contributed by atoms with E-state index in [1.54, 1.807) is 21.1 Å². The monoisotopic (exact) mass is 1120 g/mol. The number of morpholine rings is 1. The number of amides is 2. The van der Waals surface area contributed by atoms with Crippen molar-refractivity contribution in [2.24, 2.45) is 0 Å². The summed E-state index contributed by atoms with van der Waals surface area (Å²) in [7, 11) is 0.361. The van der Waals surface area contributed by atoms with Gasteiger partial charge in [0.15, 0.2) is 33.0 Å². The van der Waals surface area contributed by atoms with Crippen molar-refractivity contribution in [1.82, 2.24) is 19.8 Å². The summed E-state index contributed by atoms with van der Waals surface area (Å²) >= 11 is 0. The van der Waals surface area contributed by atoms with Crippen molar-refractivity contribution >= 4 is 38.0 Å². The number of H-pyrrole nitrogens is 1. The molecule has 2 N–H and O–H groups in total. The Morgan fingerprint density at radius 2 is 1.30 bits per heavy atom. The second kappa shape index (κ2) is 26.5. The van der Waals surface area contributed by atoms with Gasteiger partial charge in [-0.25, -0.2) is 4.79 Å². The predicted octanol–water partition coefficient (Wildman–Crippen LogP) is 5.83. The van der Waals surface area contributed by atoms with Gasteiger partial charge in [0.05, 0.1) is 40.5 Å². The number of esters is 3. The molecule has 22 heteroatoms. The number of benzene rings is 3. The molecule has 6 rings (SSSR count). The Morgan fingerprint density at radius 1 is 0.759 bits per heavy atom. The number of carbonyl (C=O) groups excluding carboxylic acids is 5. The molecule has 0 spiro atoms. The van der Waals surface area contributed by atoms with E-state index in [1.165, 1.54) is 22.6 Å². The third-order valence-electron chi connectivity index (χ3n) is 14.5. The quantitative estimate of drug-likeness (QED) is 0.0384. The van der Waals surface area contributed by atoms with Crippen molar-refractivity contribution < 1.29 is 71.0 Å². The Morgan fingerprint density at radius 3 is 1.81 bits per heavy atom. The molecule has 0 unspecified atom stereocenters. The van der Waals surface area contributed by atoms with Gasteiger partial charge in [0.25, 0.3) is 5.56 Å². The largest absolute Gasteiger partial charge is 0.497 e. The van der Waals surface area contributed by atoms with Gasteiger partial charge in [-0.05, 0) is 64.5 Å². The zero-order chi connectivity index (χ0) is 58.0. The molecule has 3 aromatic carbocycles. The Hall–Kier alpha value is -6.69. The second-order valence-electron chi connectivity index (χ2n) is 20.9. The minimum Gasteiger partial charge on any atom is -0.497 e. The SMILES string of the molecule is COc1ccc(C(OC[C@]2(CO[Si](C(C)C)(C(C)C)C(C)C)CN(C(=O)CO[C@@H]3O[C@H](COC(C)=O)[C@H](OC(C)=O)[C@H](OC(C)=O)[C@H]3NC(C)=O)C[C@H](n3cc(C)c(=O)[nH]c3=O)O2)(c2ccccc2)c2ccc(OC)cc2)cc1. The fourth-order valence-electron chi connectivity index (χ4n) is 11.0. The molecule has 2 aliphatic heterocycles. The summed E-state index contributed by atoms with van der Waals surface area (Å²) in [6.07, 6.45) is -5.69. The second-order valence-corrected chi connectivity index (χ2v) is 26.4. The van der Waals surface area contributed by atoms with Crippen LogP contribution in [0, 0.1) is 6.92 Å². The highest BCUT2D eigenvalue weighted by molar-refractivity contribution is 6.77. The first kappa shape index (κ1) is 61.5. The van der Waals surface area contributed by atoms with Crippen LogP contribution in [-0.2, 0) is 67.2 Å². The molecule has 1 aromatic heterocycles. The van der Waals surface area contributed by atoms with Gasteiger partial charge in [-0.1, -0.05) is 96.1 Å². The van der Waals surface area contributed by atoms with Crippen LogP contribution in [0.3, 0.4) is 0 Å². The van der Waals surface area contributed by atoms with Crippen LogP contribution in [0.25, 0.3) is 0 Å². The van der Waals surface area contributed by atoms with E-state index < -0.39 is 111 Å². The summed E-state index contributed by atoms with van der Waals surface area (Å²) in [5.41, 5.74) is -1.84. The Balaban J connectivity index is 1.53. The molecular formula is C57H76N4O17Si. The molecule has 2 fully saturated rings. The van der Waals surface area contributed by atoms with E-state index in [9.17, 15) is 28.8 Å². The zero-order valence-corrected chi connectivity index (χ0v) is 48.4. The molecule has 2 amide bonds. The fraction of sp³-hybridized carbons (Fsp3) is 0.526. The van der Waals surface area contributed by atoms with Gasteiger partial charge < -0.3 is 57.3 Å². The molecule has 0 saturated carbocycles. The third kappa shape index (κ3) is 14.2. The van der Waals surface area contributed by atoms with E-state index in [0.717, 1.165) is 26.3 Å². The number of nitrogens with one attached hydrogen (secondary N) is 2. The van der Waals surface area contributed by atoms with Gasteiger partial charge >= 0.3 is 23.6 Å². The maximum absolute atomic E-state index is 15.3.